The van der Waals surface area contributed by atoms with Crippen molar-refractivity contribution in [3.05, 3.63) is 53.2 Å². The molecule has 0 aliphatic carbocycles. The Morgan fingerprint density at radius 3 is 2.35 bits per heavy atom. The van der Waals surface area contributed by atoms with Gasteiger partial charge in [-0.1, -0.05) is 29.0 Å². The molecule has 0 amide bonds. The molecule has 0 bridgehead atoms. The molecule has 0 aliphatic rings. The van der Waals surface area contributed by atoms with Crippen molar-refractivity contribution in [2.45, 2.75) is 60.3 Å². The van der Waals surface area contributed by atoms with Crippen LogP contribution >= 0.6 is 0 Å². The molecule has 0 fully saturated rings. The van der Waals surface area contributed by atoms with Crippen molar-refractivity contribution in [3.63, 3.8) is 0 Å². The minimum Gasteiger partial charge on any atom is -0.487 e. The summed E-state index contributed by atoms with van der Waals surface area (Å²) in [6.45, 7) is 14.0. The minimum absolute atomic E-state index is 0.0122. The van der Waals surface area contributed by atoms with Crippen LogP contribution in [0.25, 0.3) is 0 Å². The molecule has 0 aromatic heterocycles. The zero-order valence-corrected chi connectivity index (χ0v) is 15.2. The van der Waals surface area contributed by atoms with Crippen LogP contribution in [0.15, 0.2) is 53.2 Å². The second kappa shape index (κ2) is 12.5. The summed E-state index contributed by atoms with van der Waals surface area (Å²) in [6, 6.07) is 0. The summed E-state index contributed by atoms with van der Waals surface area (Å²) < 4.78 is 9.85. The summed E-state index contributed by atoms with van der Waals surface area (Å²) >= 11 is 0. The summed E-state index contributed by atoms with van der Waals surface area (Å²) in [5.74, 6) is -0.569. The molecule has 0 heterocycles. The van der Waals surface area contributed by atoms with Crippen molar-refractivity contribution in [1.29, 1.82) is 0 Å². The number of carbonyl (C=O) groups is 1. The first-order valence-electron chi connectivity index (χ1n) is 8.09. The third-order valence-electron chi connectivity index (χ3n) is 3.12. The molecular formula is C20H30O3. The maximum atomic E-state index is 11.4. The van der Waals surface area contributed by atoms with Gasteiger partial charge in [0.15, 0.2) is 5.76 Å². The molecule has 0 aliphatic heterocycles. The zero-order chi connectivity index (χ0) is 17.7. The number of ether oxygens (including phenoxy) is 2. The summed E-state index contributed by atoms with van der Waals surface area (Å²) in [5.41, 5.74) is 6.76. The largest absolute Gasteiger partial charge is 0.487 e. The second-order valence-corrected chi connectivity index (χ2v) is 5.71. The van der Waals surface area contributed by atoms with Crippen LogP contribution in [0.5, 0.6) is 0 Å². The van der Waals surface area contributed by atoms with Crippen molar-refractivity contribution in [1.82, 2.24) is 0 Å². The van der Waals surface area contributed by atoms with Crippen LogP contribution in [-0.2, 0) is 14.3 Å². The highest BCUT2D eigenvalue weighted by molar-refractivity contribution is 5.85. The number of hydrogen-bond donors (Lipinski definition) is 0. The summed E-state index contributed by atoms with van der Waals surface area (Å²) in [7, 11) is 0. The fourth-order valence-electron chi connectivity index (χ4n) is 1.78. The van der Waals surface area contributed by atoms with Crippen LogP contribution < -0.4 is 0 Å². The Balaban J connectivity index is 4.19. The van der Waals surface area contributed by atoms with Gasteiger partial charge in [-0.15, -0.1) is 0 Å². The fourth-order valence-corrected chi connectivity index (χ4v) is 1.78. The smallest absolute Gasteiger partial charge is 0.378 e. The van der Waals surface area contributed by atoms with Gasteiger partial charge >= 0.3 is 5.97 Å². The second-order valence-electron chi connectivity index (χ2n) is 5.71. The first-order valence-corrected chi connectivity index (χ1v) is 8.09. The Labute approximate surface area is 141 Å². The lowest BCUT2D eigenvalue weighted by Gasteiger charge is -2.02. The van der Waals surface area contributed by atoms with Gasteiger partial charge in [0.05, 0.1) is 6.61 Å². The zero-order valence-electron chi connectivity index (χ0n) is 15.2. The molecule has 0 atom stereocenters. The Morgan fingerprint density at radius 1 is 1.09 bits per heavy atom. The van der Waals surface area contributed by atoms with Gasteiger partial charge in [0.2, 0.25) is 0 Å². The molecule has 0 N–H and O–H groups in total. The van der Waals surface area contributed by atoms with E-state index in [2.05, 4.69) is 45.2 Å². The topological polar surface area (TPSA) is 35.5 Å². The van der Waals surface area contributed by atoms with E-state index in [-0.39, 0.29) is 5.76 Å². The van der Waals surface area contributed by atoms with Crippen LogP contribution in [0.1, 0.15) is 60.3 Å². The van der Waals surface area contributed by atoms with Gasteiger partial charge in [0.25, 0.3) is 0 Å². The third-order valence-corrected chi connectivity index (χ3v) is 3.12. The van der Waals surface area contributed by atoms with Crippen LogP contribution in [0.2, 0.25) is 0 Å². The highest BCUT2D eigenvalue weighted by atomic mass is 16.6. The van der Waals surface area contributed by atoms with Crippen molar-refractivity contribution < 1.29 is 14.3 Å². The van der Waals surface area contributed by atoms with Crippen LogP contribution in [0, 0.1) is 0 Å². The van der Waals surface area contributed by atoms with E-state index in [1.54, 1.807) is 6.92 Å². The van der Waals surface area contributed by atoms with Gasteiger partial charge in [-0.25, -0.2) is 4.79 Å². The molecule has 0 radical (unpaired) electrons. The highest BCUT2D eigenvalue weighted by Gasteiger charge is 2.06. The maximum Gasteiger partial charge on any atom is 0.378 e. The normalized spacial score (nSPS) is 10.4. The van der Waals surface area contributed by atoms with E-state index in [0.29, 0.717) is 6.61 Å². The molecule has 23 heavy (non-hydrogen) atoms. The first-order chi connectivity index (χ1) is 10.9. The number of hydrogen-bond acceptors (Lipinski definition) is 3. The average Bonchev–Trinajstić information content (AvgIpc) is 2.46. The summed E-state index contributed by atoms with van der Waals surface area (Å²) in [5, 5.41) is 0. The summed E-state index contributed by atoms with van der Waals surface area (Å²) in [4.78, 5) is 11.4. The van der Waals surface area contributed by atoms with E-state index in [1.165, 1.54) is 17.4 Å². The molecule has 0 aromatic rings. The van der Waals surface area contributed by atoms with Crippen LogP contribution in [0.4, 0.5) is 0 Å². The van der Waals surface area contributed by atoms with Crippen molar-refractivity contribution in [2.24, 2.45) is 0 Å². The predicted molar refractivity (Wildman–Crippen MR) is 95.8 cm³/mol. The van der Waals surface area contributed by atoms with Gasteiger partial charge in [0.1, 0.15) is 6.26 Å². The fraction of sp³-hybridized carbons (Fsp3) is 0.500. The SMILES string of the molecule is C=C(OCC)C(=O)OC=C=C(C)CCC=C(C)CCC=C(C)C. The molecule has 0 unspecified atom stereocenters. The molecule has 0 saturated carbocycles. The monoisotopic (exact) mass is 318 g/mol. The number of allylic oxidation sites excluding steroid dienone is 5. The first kappa shape index (κ1) is 21.0. The number of carbonyl (C=O) groups excluding carboxylic acids is 1. The van der Waals surface area contributed by atoms with Gasteiger partial charge in [-0.05, 0) is 72.5 Å². The van der Waals surface area contributed by atoms with Gasteiger partial charge in [-0.2, -0.15) is 0 Å². The van der Waals surface area contributed by atoms with Crippen molar-refractivity contribution in [3.8, 4) is 0 Å². The van der Waals surface area contributed by atoms with E-state index in [4.69, 9.17) is 9.47 Å². The van der Waals surface area contributed by atoms with Crippen molar-refractivity contribution in [2.75, 3.05) is 6.61 Å². The molecule has 0 saturated heterocycles. The number of rotatable bonds is 10. The highest BCUT2D eigenvalue weighted by Crippen LogP contribution is 2.10. The lowest BCUT2D eigenvalue weighted by atomic mass is 10.1. The Bertz CT molecular complexity index is 511. The van der Waals surface area contributed by atoms with Gasteiger partial charge in [0, 0.05) is 0 Å². The predicted octanol–water partition coefficient (Wildman–Crippen LogP) is 5.61. The average molecular weight is 318 g/mol. The molecule has 3 nitrogen and oxygen atoms in total. The quantitative estimate of drug-likeness (QED) is 0.173. The van der Waals surface area contributed by atoms with Crippen LogP contribution in [0.3, 0.4) is 0 Å². The van der Waals surface area contributed by atoms with Crippen molar-refractivity contribution >= 4 is 5.97 Å². The van der Waals surface area contributed by atoms with E-state index in [9.17, 15) is 4.79 Å². The molecule has 128 valence electrons. The Morgan fingerprint density at radius 2 is 1.74 bits per heavy atom. The lowest BCUT2D eigenvalue weighted by molar-refractivity contribution is -0.137. The van der Waals surface area contributed by atoms with E-state index >= 15 is 0 Å². The Kier molecular flexibility index (Phi) is 11.5. The molecular weight excluding hydrogens is 288 g/mol. The lowest BCUT2D eigenvalue weighted by Crippen LogP contribution is -2.05. The van der Waals surface area contributed by atoms with Gasteiger partial charge < -0.3 is 9.47 Å². The molecule has 0 rings (SSSR count). The minimum atomic E-state index is -0.581. The van der Waals surface area contributed by atoms with E-state index in [0.717, 1.165) is 31.3 Å². The molecule has 3 heteroatoms. The Hall–Kier alpha value is -1.99. The third kappa shape index (κ3) is 12.3. The molecule has 0 spiro atoms. The van der Waals surface area contributed by atoms with E-state index in [1.807, 2.05) is 6.92 Å². The maximum absolute atomic E-state index is 11.4. The number of esters is 1. The van der Waals surface area contributed by atoms with Crippen LogP contribution in [-0.4, -0.2) is 12.6 Å². The molecule has 0 aromatic carbocycles. The summed E-state index contributed by atoms with van der Waals surface area (Å²) in [6.07, 6.45) is 9.84. The van der Waals surface area contributed by atoms with E-state index < -0.39 is 5.97 Å². The standard InChI is InChI=1S/C20H30O3/c1-7-22-19(6)20(21)23-15-14-18(5)13-9-12-17(4)11-8-10-16(2)3/h10,12,15H,6-9,11,13H2,1-5H3. The van der Waals surface area contributed by atoms with Gasteiger partial charge in [-0.3, -0.25) is 0 Å².